The van der Waals surface area contributed by atoms with Crippen molar-refractivity contribution >= 4 is 29.3 Å². The van der Waals surface area contributed by atoms with Crippen LogP contribution < -0.4 is 10.2 Å². The summed E-state index contributed by atoms with van der Waals surface area (Å²) in [5.41, 5.74) is 0.990. The second-order valence-electron chi connectivity index (χ2n) is 6.76. The van der Waals surface area contributed by atoms with E-state index in [1.807, 2.05) is 60.5 Å². The number of hydrogen-bond donors (Lipinski definition) is 1. The number of nitrogens with one attached hydrogen (secondary N) is 1. The largest absolute Gasteiger partial charge is 0.353 e. The lowest BCUT2D eigenvalue weighted by Gasteiger charge is -2.26. The topological polar surface area (TPSA) is 52.7 Å². The highest BCUT2D eigenvalue weighted by molar-refractivity contribution is 8.00. The predicted molar refractivity (Wildman–Crippen MR) is 104 cm³/mol. The van der Waals surface area contributed by atoms with Gasteiger partial charge < -0.3 is 10.2 Å². The zero-order valence-corrected chi connectivity index (χ0v) is 16.4. The number of carbonyl (C=O) groups excluding carboxylic acids is 2. The maximum Gasteiger partial charge on any atom is 0.241 e. The fraction of sp³-hybridized carbons (Fsp3) is 0.579. The quantitative estimate of drug-likeness (QED) is 0.844. The first-order valence-corrected chi connectivity index (χ1v) is 9.86. The highest BCUT2D eigenvalue weighted by Crippen LogP contribution is 2.37. The molecule has 0 spiro atoms. The molecule has 1 aromatic carbocycles. The van der Waals surface area contributed by atoms with Gasteiger partial charge in [-0.2, -0.15) is 0 Å². The van der Waals surface area contributed by atoms with E-state index in [4.69, 9.17) is 0 Å². The van der Waals surface area contributed by atoms with Gasteiger partial charge in [0.15, 0.2) is 0 Å². The first-order valence-electron chi connectivity index (χ1n) is 8.98. The van der Waals surface area contributed by atoms with Crippen molar-refractivity contribution in [3.8, 4) is 0 Å². The Labute approximate surface area is 155 Å². The Balaban J connectivity index is 2.07. The molecule has 1 N–H and O–H groups in total. The van der Waals surface area contributed by atoms with Crippen molar-refractivity contribution in [1.82, 2.24) is 10.2 Å². The number of amides is 2. The van der Waals surface area contributed by atoms with Gasteiger partial charge in [-0.05, 0) is 38.9 Å². The number of hydrogen-bond acceptors (Lipinski definition) is 4. The van der Waals surface area contributed by atoms with Crippen LogP contribution in [-0.2, 0) is 9.59 Å². The summed E-state index contributed by atoms with van der Waals surface area (Å²) in [6, 6.07) is 8.19. The van der Waals surface area contributed by atoms with E-state index < -0.39 is 0 Å². The zero-order valence-electron chi connectivity index (χ0n) is 15.6. The molecule has 0 saturated heterocycles. The summed E-state index contributed by atoms with van der Waals surface area (Å²) < 4.78 is 0. The number of carbonyl (C=O) groups is 2. The van der Waals surface area contributed by atoms with Crippen LogP contribution in [0.25, 0.3) is 0 Å². The lowest BCUT2D eigenvalue weighted by Crippen LogP contribution is -2.45. The number of nitrogens with zero attached hydrogens (tertiary/aromatic N) is 2. The van der Waals surface area contributed by atoms with E-state index in [1.165, 1.54) is 0 Å². The van der Waals surface area contributed by atoms with Crippen molar-refractivity contribution < 1.29 is 9.59 Å². The molecule has 0 saturated carbocycles. The van der Waals surface area contributed by atoms with Crippen LogP contribution in [0.5, 0.6) is 0 Å². The predicted octanol–water partition coefficient (Wildman–Crippen LogP) is 2.75. The third-order valence-corrected chi connectivity index (χ3v) is 5.40. The van der Waals surface area contributed by atoms with Crippen molar-refractivity contribution in [2.45, 2.75) is 50.3 Å². The molecule has 2 rings (SSSR count). The van der Waals surface area contributed by atoms with Crippen LogP contribution in [0.2, 0.25) is 0 Å². The second kappa shape index (κ2) is 9.25. The van der Waals surface area contributed by atoms with Crippen LogP contribution in [-0.4, -0.2) is 54.2 Å². The van der Waals surface area contributed by atoms with E-state index in [0.29, 0.717) is 11.8 Å². The molecule has 1 heterocycles. The molecule has 0 bridgehead atoms. The van der Waals surface area contributed by atoms with Crippen LogP contribution >= 0.6 is 11.8 Å². The van der Waals surface area contributed by atoms with E-state index in [9.17, 15) is 9.59 Å². The molecule has 1 aromatic rings. The molecule has 1 atom stereocenters. The molecule has 0 fully saturated rings. The lowest BCUT2D eigenvalue weighted by atomic mass is 10.2. The number of thioether (sulfide) groups is 1. The number of anilines is 1. The van der Waals surface area contributed by atoms with Gasteiger partial charge in [0.2, 0.25) is 11.8 Å². The summed E-state index contributed by atoms with van der Waals surface area (Å²) in [5.74, 6) is 0.0199. The summed E-state index contributed by atoms with van der Waals surface area (Å²) in [6.45, 7) is 9.95. The van der Waals surface area contributed by atoms with Gasteiger partial charge in [-0.1, -0.05) is 26.0 Å². The average molecular weight is 364 g/mol. The van der Waals surface area contributed by atoms with Crippen LogP contribution in [0.3, 0.4) is 0 Å². The number of rotatable bonds is 6. The van der Waals surface area contributed by atoms with E-state index in [0.717, 1.165) is 23.5 Å². The van der Waals surface area contributed by atoms with Gasteiger partial charge in [0.05, 0.1) is 18.8 Å². The summed E-state index contributed by atoms with van der Waals surface area (Å²) in [5, 5.41) is 3.37. The lowest BCUT2D eigenvalue weighted by molar-refractivity contribution is -0.124. The van der Waals surface area contributed by atoms with Crippen LogP contribution in [0.1, 0.15) is 34.1 Å². The Bertz CT molecular complexity index is 606. The monoisotopic (exact) mass is 363 g/mol. The van der Waals surface area contributed by atoms with E-state index >= 15 is 0 Å². The highest BCUT2D eigenvalue weighted by atomic mass is 32.2. The third-order valence-electron chi connectivity index (χ3n) is 4.17. The van der Waals surface area contributed by atoms with Crippen LogP contribution in [0.15, 0.2) is 29.2 Å². The van der Waals surface area contributed by atoms with Gasteiger partial charge in [0.25, 0.3) is 0 Å². The first-order chi connectivity index (χ1) is 11.9. The van der Waals surface area contributed by atoms with Gasteiger partial charge in [-0.25, -0.2) is 0 Å². The smallest absolute Gasteiger partial charge is 0.241 e. The molecular weight excluding hydrogens is 334 g/mol. The number of para-hydroxylation sites is 1. The van der Waals surface area contributed by atoms with E-state index in [-0.39, 0.29) is 30.9 Å². The average Bonchev–Trinajstić information content (AvgIpc) is 2.71. The summed E-state index contributed by atoms with van der Waals surface area (Å²) >= 11 is 1.82. The Morgan fingerprint density at radius 1 is 1.32 bits per heavy atom. The van der Waals surface area contributed by atoms with Crippen molar-refractivity contribution in [3.63, 3.8) is 0 Å². The van der Waals surface area contributed by atoms with Gasteiger partial charge >= 0.3 is 0 Å². The van der Waals surface area contributed by atoms with E-state index in [1.54, 1.807) is 0 Å². The Morgan fingerprint density at radius 2 is 2.04 bits per heavy atom. The fourth-order valence-electron chi connectivity index (χ4n) is 2.87. The number of likely N-dealkylation sites (N-methyl/N-ethyl adjacent to an activating group) is 1. The molecule has 0 aliphatic carbocycles. The third kappa shape index (κ3) is 5.75. The fourth-order valence-corrected chi connectivity index (χ4v) is 3.99. The Kier molecular flexibility index (Phi) is 7.32. The van der Waals surface area contributed by atoms with Gasteiger partial charge in [0, 0.05) is 22.7 Å². The van der Waals surface area contributed by atoms with Crippen LogP contribution in [0, 0.1) is 0 Å². The molecular formula is C19H29N3O2S. The molecule has 1 aliphatic rings. The van der Waals surface area contributed by atoms with Gasteiger partial charge in [0.1, 0.15) is 0 Å². The second-order valence-corrected chi connectivity index (χ2v) is 8.24. The van der Waals surface area contributed by atoms with E-state index in [2.05, 4.69) is 18.3 Å². The minimum atomic E-state index is -0.0369. The standard InChI is InChI=1S/C19H29N3O2S/c1-5-21(12-18(23)20-14(2)3)13-19(24)22-11-10-15(4)25-17-9-7-6-8-16(17)22/h6-9,14-15H,5,10-13H2,1-4H3,(H,20,23)/t15-/m1/s1. The number of benzene rings is 1. The van der Waals surface area contributed by atoms with Crippen molar-refractivity contribution in [2.75, 3.05) is 31.1 Å². The minimum Gasteiger partial charge on any atom is -0.353 e. The van der Waals surface area contributed by atoms with Crippen molar-refractivity contribution in [3.05, 3.63) is 24.3 Å². The maximum absolute atomic E-state index is 12.9. The molecule has 25 heavy (non-hydrogen) atoms. The van der Waals surface area contributed by atoms with Gasteiger partial charge in [-0.15, -0.1) is 11.8 Å². The summed E-state index contributed by atoms with van der Waals surface area (Å²) in [4.78, 5) is 29.9. The molecule has 6 heteroatoms. The summed E-state index contributed by atoms with van der Waals surface area (Å²) in [6.07, 6.45) is 0.963. The number of fused-ring (bicyclic) bond motifs is 1. The summed E-state index contributed by atoms with van der Waals surface area (Å²) in [7, 11) is 0. The molecule has 5 nitrogen and oxygen atoms in total. The molecule has 0 unspecified atom stereocenters. The molecule has 0 aromatic heterocycles. The van der Waals surface area contributed by atoms with Gasteiger partial charge in [-0.3, -0.25) is 14.5 Å². The maximum atomic E-state index is 12.9. The zero-order chi connectivity index (χ0) is 18.4. The SMILES string of the molecule is CCN(CC(=O)NC(C)C)CC(=O)N1CC[C@@H](C)Sc2ccccc21. The normalized spacial score (nSPS) is 17.4. The Morgan fingerprint density at radius 3 is 2.72 bits per heavy atom. The minimum absolute atomic E-state index is 0.0369. The molecule has 2 amide bonds. The van der Waals surface area contributed by atoms with Crippen molar-refractivity contribution in [1.29, 1.82) is 0 Å². The Hall–Kier alpha value is -1.53. The molecule has 138 valence electrons. The van der Waals surface area contributed by atoms with Crippen LogP contribution in [0.4, 0.5) is 5.69 Å². The molecule has 1 aliphatic heterocycles. The van der Waals surface area contributed by atoms with Crippen molar-refractivity contribution in [2.24, 2.45) is 0 Å². The molecule has 0 radical (unpaired) electrons. The highest BCUT2D eigenvalue weighted by Gasteiger charge is 2.25. The first kappa shape index (κ1) is 19.8.